The van der Waals surface area contributed by atoms with Gasteiger partial charge in [-0.2, -0.15) is 0 Å². The van der Waals surface area contributed by atoms with E-state index in [4.69, 9.17) is 9.47 Å². The first-order valence-electron chi connectivity index (χ1n) is 17.9. The molecule has 8 heteroatoms. The molecule has 7 rings (SSSR count). The lowest BCUT2D eigenvalue weighted by Crippen LogP contribution is -2.50. The Hall–Kier alpha value is -6.12. The van der Waals surface area contributed by atoms with Gasteiger partial charge in [-0.15, -0.1) is 11.8 Å². The molecule has 1 aliphatic carbocycles. The Bertz CT molecular complexity index is 2040. The predicted molar refractivity (Wildman–Crippen MR) is 213 cm³/mol. The fraction of sp³-hybridized carbons (Fsp3) is 0.152. The van der Waals surface area contributed by atoms with E-state index >= 15 is 0 Å². The van der Waals surface area contributed by atoms with E-state index in [1.54, 1.807) is 0 Å². The minimum absolute atomic E-state index is 0.0839. The molecular formula is C46H40N2O5S. The number of hydrogen-bond donors (Lipinski definition) is 2. The first-order valence-corrected chi connectivity index (χ1v) is 18.9. The zero-order valence-electron chi connectivity index (χ0n) is 29.6. The van der Waals surface area contributed by atoms with Gasteiger partial charge in [0.1, 0.15) is 25.8 Å². The number of alkyl carbamates (subject to hydrolysis) is 1. The van der Waals surface area contributed by atoms with E-state index in [1.807, 2.05) is 109 Å². The van der Waals surface area contributed by atoms with Crippen LogP contribution in [0.2, 0.25) is 0 Å². The lowest BCUT2D eigenvalue weighted by atomic mass is 9.84. The highest BCUT2D eigenvalue weighted by Gasteiger charge is 2.39. The molecule has 2 N–H and O–H groups in total. The highest BCUT2D eigenvalue weighted by Crippen LogP contribution is 2.49. The average Bonchev–Trinajstić information content (AvgIpc) is 3.56. The minimum Gasteiger partial charge on any atom is -0.460 e. The molecule has 0 spiro atoms. The molecule has 6 aromatic carbocycles. The van der Waals surface area contributed by atoms with Gasteiger partial charge in [0.25, 0.3) is 0 Å². The van der Waals surface area contributed by atoms with Crippen LogP contribution in [-0.4, -0.2) is 42.9 Å². The SMILES string of the molecule is O=C(CNC(=O)[C@H](CSC(c1ccccc1)(c1ccccc1)c1ccccc1)NC(=O)OCC1c2ccccc2-c2ccccc21)OCc1ccccc1. The van der Waals surface area contributed by atoms with Crippen molar-refractivity contribution in [3.8, 4) is 11.1 Å². The monoisotopic (exact) mass is 732 g/mol. The summed E-state index contributed by atoms with van der Waals surface area (Å²) in [6.45, 7) is -0.184. The van der Waals surface area contributed by atoms with Crippen LogP contribution < -0.4 is 10.6 Å². The van der Waals surface area contributed by atoms with Gasteiger partial charge in [-0.1, -0.05) is 170 Å². The topological polar surface area (TPSA) is 93.7 Å². The average molecular weight is 733 g/mol. The van der Waals surface area contributed by atoms with Gasteiger partial charge in [0, 0.05) is 11.7 Å². The van der Waals surface area contributed by atoms with Gasteiger partial charge in [0.05, 0.1) is 4.75 Å². The summed E-state index contributed by atoms with van der Waals surface area (Å²) in [6, 6.07) is 54.8. The first-order chi connectivity index (χ1) is 26.5. The van der Waals surface area contributed by atoms with Gasteiger partial charge in [-0.05, 0) is 44.5 Å². The van der Waals surface area contributed by atoms with Crippen LogP contribution in [0.5, 0.6) is 0 Å². The third-order valence-electron chi connectivity index (χ3n) is 9.61. The Morgan fingerprint density at radius 3 is 1.57 bits per heavy atom. The van der Waals surface area contributed by atoms with Crippen LogP contribution >= 0.6 is 11.8 Å². The second-order valence-corrected chi connectivity index (χ2v) is 14.2. The third kappa shape index (κ3) is 8.09. The standard InChI is InChI=1S/C46H40N2O5S/c49-43(52-30-33-17-5-1-6-18-33)29-47-44(50)42(48-45(51)53-31-41-39-27-15-13-25-37(39)38-26-14-16-28-40(38)41)32-54-46(34-19-7-2-8-20-34,35-21-9-3-10-22-35)36-23-11-4-12-24-36/h1-28,41-42H,29-32H2,(H,47,50)(H,48,51)/t42-/m0/s1. The normalized spacial score (nSPS) is 12.5. The number of carbonyl (C=O) groups is 3. The molecule has 6 aromatic rings. The minimum atomic E-state index is -1.07. The maximum absolute atomic E-state index is 14.0. The van der Waals surface area contributed by atoms with Crippen molar-refractivity contribution in [2.24, 2.45) is 0 Å². The summed E-state index contributed by atoms with van der Waals surface area (Å²) >= 11 is 1.53. The largest absolute Gasteiger partial charge is 0.460 e. The van der Waals surface area contributed by atoms with E-state index in [9.17, 15) is 14.4 Å². The number of nitrogens with one attached hydrogen (secondary N) is 2. The van der Waals surface area contributed by atoms with Gasteiger partial charge >= 0.3 is 12.1 Å². The molecule has 0 unspecified atom stereocenters. The van der Waals surface area contributed by atoms with Gasteiger partial charge in [0.15, 0.2) is 0 Å². The molecule has 1 atom stereocenters. The molecular weight excluding hydrogens is 693 g/mol. The molecule has 0 aromatic heterocycles. The van der Waals surface area contributed by atoms with E-state index < -0.39 is 28.8 Å². The van der Waals surface area contributed by atoms with E-state index in [2.05, 4.69) is 71.3 Å². The van der Waals surface area contributed by atoms with Crippen molar-refractivity contribution in [3.05, 3.63) is 203 Å². The molecule has 270 valence electrons. The highest BCUT2D eigenvalue weighted by molar-refractivity contribution is 8.00. The first kappa shape index (κ1) is 36.2. The molecule has 0 bridgehead atoms. The molecule has 2 amide bonds. The number of fused-ring (bicyclic) bond motifs is 3. The number of thioether (sulfide) groups is 1. The fourth-order valence-electron chi connectivity index (χ4n) is 7.01. The van der Waals surface area contributed by atoms with Gasteiger partial charge in [-0.3, -0.25) is 9.59 Å². The summed E-state index contributed by atoms with van der Waals surface area (Å²) in [6.07, 6.45) is -0.728. The van der Waals surface area contributed by atoms with Gasteiger partial charge in [0.2, 0.25) is 5.91 Å². The molecule has 0 saturated carbocycles. The quantitative estimate of drug-likeness (QED) is 0.0863. The van der Waals surface area contributed by atoms with Crippen molar-refractivity contribution in [3.63, 3.8) is 0 Å². The lowest BCUT2D eigenvalue weighted by molar-refractivity contribution is -0.145. The van der Waals surface area contributed by atoms with E-state index in [0.29, 0.717) is 0 Å². The van der Waals surface area contributed by atoms with Crippen LogP contribution in [0, 0.1) is 0 Å². The summed E-state index contributed by atoms with van der Waals surface area (Å²) in [5.74, 6) is -1.12. The lowest BCUT2D eigenvalue weighted by Gasteiger charge is -2.36. The Morgan fingerprint density at radius 1 is 0.593 bits per heavy atom. The number of hydrogen-bond acceptors (Lipinski definition) is 6. The highest BCUT2D eigenvalue weighted by atomic mass is 32.2. The van der Waals surface area contributed by atoms with Crippen molar-refractivity contribution in [2.45, 2.75) is 23.3 Å². The summed E-state index contributed by atoms with van der Waals surface area (Å²) < 4.78 is 10.5. The molecule has 7 nitrogen and oxygen atoms in total. The maximum atomic E-state index is 14.0. The van der Waals surface area contributed by atoms with Crippen LogP contribution in [0.4, 0.5) is 4.79 Å². The van der Waals surface area contributed by atoms with Crippen LogP contribution in [0.1, 0.15) is 39.3 Å². The summed E-state index contributed by atoms with van der Waals surface area (Å²) in [7, 11) is 0. The molecule has 0 radical (unpaired) electrons. The number of rotatable bonds is 14. The summed E-state index contributed by atoms with van der Waals surface area (Å²) in [5.41, 5.74) is 8.28. The van der Waals surface area contributed by atoms with Gasteiger partial charge < -0.3 is 20.1 Å². The Morgan fingerprint density at radius 2 is 1.06 bits per heavy atom. The van der Waals surface area contributed by atoms with Crippen LogP contribution in [0.25, 0.3) is 11.1 Å². The number of amides is 2. The molecule has 0 fully saturated rings. The summed E-state index contributed by atoms with van der Waals surface area (Å²) in [4.78, 5) is 40.4. The fourth-order valence-corrected chi connectivity index (χ4v) is 8.57. The Labute approximate surface area is 319 Å². The number of esters is 1. The Balaban J connectivity index is 1.13. The molecule has 54 heavy (non-hydrogen) atoms. The van der Waals surface area contributed by atoms with Crippen molar-refractivity contribution in [1.82, 2.24) is 10.6 Å². The number of ether oxygens (including phenoxy) is 2. The zero-order valence-corrected chi connectivity index (χ0v) is 30.4. The van der Waals surface area contributed by atoms with Crippen molar-refractivity contribution < 1.29 is 23.9 Å². The van der Waals surface area contributed by atoms with Crippen LogP contribution in [0.3, 0.4) is 0 Å². The smallest absolute Gasteiger partial charge is 0.407 e. The molecule has 0 saturated heterocycles. The number of benzene rings is 6. The molecule has 0 aliphatic heterocycles. The molecule has 1 aliphatic rings. The second kappa shape index (κ2) is 17.1. The van der Waals surface area contributed by atoms with E-state index in [1.165, 1.54) is 11.8 Å². The van der Waals surface area contributed by atoms with Crippen molar-refractivity contribution >= 4 is 29.7 Å². The van der Waals surface area contributed by atoms with Crippen molar-refractivity contribution in [2.75, 3.05) is 18.9 Å². The predicted octanol–water partition coefficient (Wildman–Crippen LogP) is 8.48. The Kier molecular flexibility index (Phi) is 11.5. The number of carbonyl (C=O) groups excluding carboxylic acids is 3. The van der Waals surface area contributed by atoms with E-state index in [-0.39, 0.29) is 31.4 Å². The maximum Gasteiger partial charge on any atom is 0.407 e. The van der Waals surface area contributed by atoms with Gasteiger partial charge in [-0.25, -0.2) is 4.79 Å². The molecule has 0 heterocycles. The van der Waals surface area contributed by atoms with Crippen molar-refractivity contribution in [1.29, 1.82) is 0 Å². The third-order valence-corrected chi connectivity index (χ3v) is 11.2. The zero-order chi connectivity index (χ0) is 37.2. The van der Waals surface area contributed by atoms with E-state index in [0.717, 1.165) is 44.5 Å². The van der Waals surface area contributed by atoms with Crippen LogP contribution in [-0.2, 0) is 30.4 Å². The van der Waals surface area contributed by atoms with Crippen LogP contribution in [0.15, 0.2) is 170 Å². The summed E-state index contributed by atoms with van der Waals surface area (Å²) in [5, 5.41) is 5.56. The second-order valence-electron chi connectivity index (χ2n) is 13.0.